The number of hydrogen-bond acceptors (Lipinski definition) is 4. The lowest BCUT2D eigenvalue weighted by Crippen LogP contribution is -2.49. The first-order valence-corrected chi connectivity index (χ1v) is 14.0. The van der Waals surface area contributed by atoms with Crippen LogP contribution in [-0.2, 0) is 19.7 Å². The third-order valence-corrected chi connectivity index (χ3v) is 12.7. The van der Waals surface area contributed by atoms with Gasteiger partial charge < -0.3 is 0 Å². The predicted octanol–water partition coefficient (Wildman–Crippen LogP) is 4.87. The average Bonchev–Trinajstić information content (AvgIpc) is 2.72. The molecule has 0 heterocycles. The van der Waals surface area contributed by atoms with E-state index < -0.39 is 24.3 Å². The van der Waals surface area contributed by atoms with Crippen molar-refractivity contribution in [3.05, 3.63) is 60.7 Å². The van der Waals surface area contributed by atoms with Crippen molar-refractivity contribution in [3.8, 4) is 0 Å². The lowest BCUT2D eigenvalue weighted by Gasteiger charge is -2.57. The highest BCUT2D eigenvalue weighted by Gasteiger charge is 2.54. The van der Waals surface area contributed by atoms with Gasteiger partial charge in [-0.15, -0.1) is 0 Å². The second-order valence-corrected chi connectivity index (χ2v) is 14.3. The van der Waals surface area contributed by atoms with Gasteiger partial charge in [0.05, 0.1) is 9.79 Å². The van der Waals surface area contributed by atoms with Gasteiger partial charge in [0.15, 0.2) is 24.3 Å². The van der Waals surface area contributed by atoms with Gasteiger partial charge in [-0.05, 0) is 92.4 Å². The van der Waals surface area contributed by atoms with Crippen molar-refractivity contribution in [2.75, 3.05) is 0 Å². The van der Waals surface area contributed by atoms with E-state index in [1.165, 1.54) is 43.5 Å². The number of rotatable bonds is 6. The highest BCUT2D eigenvalue weighted by molar-refractivity contribution is 8.09. The van der Waals surface area contributed by atoms with Gasteiger partial charge >= 0.3 is 0 Å². The second-order valence-electron chi connectivity index (χ2n) is 9.77. The molecule has 0 aromatic heterocycles. The van der Waals surface area contributed by atoms with E-state index >= 15 is 0 Å². The van der Waals surface area contributed by atoms with Crippen LogP contribution >= 0.6 is 0 Å². The lowest BCUT2D eigenvalue weighted by molar-refractivity contribution is -0.0553. The normalized spacial score (nSPS) is 30.6. The molecule has 30 heavy (non-hydrogen) atoms. The maximum Gasteiger partial charge on any atom is 0.195 e. The molecule has 160 valence electrons. The summed E-state index contributed by atoms with van der Waals surface area (Å²) in [6, 6.07) is 16.2. The minimum Gasteiger partial charge on any atom is -0.222 e. The Labute approximate surface area is 179 Å². The number of hydrogen-bond donors (Lipinski definition) is 0. The fourth-order valence-electron chi connectivity index (χ4n) is 6.80. The molecule has 4 bridgehead atoms. The largest absolute Gasteiger partial charge is 0.222 e. The van der Waals surface area contributed by atoms with Crippen LogP contribution in [-0.4, -0.2) is 21.4 Å². The Morgan fingerprint density at radius 2 is 1.03 bits per heavy atom. The van der Waals surface area contributed by atoms with Gasteiger partial charge in [-0.25, -0.2) is 16.8 Å². The first-order chi connectivity index (χ1) is 14.3. The van der Waals surface area contributed by atoms with Gasteiger partial charge in [0.25, 0.3) is 0 Å². The van der Waals surface area contributed by atoms with Gasteiger partial charge in [0.1, 0.15) is 0 Å². The van der Waals surface area contributed by atoms with Gasteiger partial charge in [-0.3, -0.25) is 0 Å². The van der Waals surface area contributed by atoms with Crippen molar-refractivity contribution in [2.24, 2.45) is 23.2 Å². The molecule has 4 aliphatic carbocycles. The summed E-state index contributed by atoms with van der Waals surface area (Å²) in [5.41, 5.74) is -0.164. The first-order valence-electron chi connectivity index (χ1n) is 10.9. The van der Waals surface area contributed by atoms with E-state index in [1.807, 2.05) is 0 Å². The number of benzene rings is 2. The summed E-state index contributed by atoms with van der Waals surface area (Å²) in [6.45, 7) is 0. The van der Waals surface area contributed by atoms with E-state index in [4.69, 9.17) is 0 Å². The van der Waals surface area contributed by atoms with Gasteiger partial charge in [0.2, 0.25) is 0 Å². The van der Waals surface area contributed by atoms with Gasteiger partial charge in [0, 0.05) is 0 Å². The van der Waals surface area contributed by atoms with Crippen LogP contribution in [0.4, 0.5) is 0 Å². The second kappa shape index (κ2) is 7.20. The monoisotopic (exact) mass is 444 g/mol. The van der Waals surface area contributed by atoms with E-state index in [2.05, 4.69) is 0 Å². The van der Waals surface area contributed by atoms with Gasteiger partial charge in [-0.1, -0.05) is 36.4 Å². The fraction of sp³-hybridized carbons (Fsp3) is 0.500. The Kier molecular flexibility index (Phi) is 4.86. The molecule has 0 radical (unpaired) electrons. The average molecular weight is 445 g/mol. The van der Waals surface area contributed by atoms with E-state index in [0.29, 0.717) is 17.8 Å². The summed E-state index contributed by atoms with van der Waals surface area (Å²) in [7, 11) is -8.08. The summed E-state index contributed by atoms with van der Waals surface area (Å²) in [5.74, 6) is 1.90. The zero-order valence-corrected chi connectivity index (χ0v) is 18.6. The zero-order chi connectivity index (χ0) is 21.0. The van der Waals surface area contributed by atoms with E-state index in [9.17, 15) is 16.8 Å². The molecule has 6 heteroatoms. The maximum atomic E-state index is 13.7. The Bertz CT molecular complexity index is 1020. The molecule has 0 unspecified atom stereocenters. The fourth-order valence-corrected chi connectivity index (χ4v) is 11.6. The summed E-state index contributed by atoms with van der Waals surface area (Å²) in [5, 5.41) is 0. The third-order valence-electron chi connectivity index (χ3n) is 7.60. The molecule has 0 aliphatic heterocycles. The van der Waals surface area contributed by atoms with Crippen molar-refractivity contribution < 1.29 is 16.8 Å². The molecular formula is C24H28O4S2. The molecule has 0 N–H and O–H groups in total. The highest BCUT2D eigenvalue weighted by atomic mass is 32.3. The molecule has 4 fully saturated rings. The van der Waals surface area contributed by atoms with E-state index in [0.717, 1.165) is 19.3 Å². The minimum absolute atomic E-state index is 0.0965. The zero-order valence-electron chi connectivity index (χ0n) is 17.0. The van der Waals surface area contributed by atoms with Crippen LogP contribution in [0, 0.1) is 23.2 Å². The topological polar surface area (TPSA) is 68.3 Å². The van der Waals surface area contributed by atoms with E-state index in [1.54, 1.807) is 36.4 Å². The molecule has 0 atom stereocenters. The molecule has 4 aliphatic rings. The van der Waals surface area contributed by atoms with Crippen molar-refractivity contribution in [1.82, 2.24) is 0 Å². The quantitative estimate of drug-likeness (QED) is 0.638. The molecule has 4 saturated carbocycles. The molecule has 0 spiro atoms. The Morgan fingerprint density at radius 1 is 0.667 bits per heavy atom. The molecule has 6 rings (SSSR count). The Morgan fingerprint density at radius 3 is 1.40 bits per heavy atom. The standard InChI is InChI=1S/C24H28O4S2/c25-29(26,21-7-3-1-4-8-21)23(30(27,28)22-9-5-2-6-10-22)17-24-14-18-11-19(15-24)13-20(12-18)16-24/h1-10,18-20,23H,11-17H2. The van der Waals surface area contributed by atoms with Crippen molar-refractivity contribution in [1.29, 1.82) is 0 Å². The van der Waals surface area contributed by atoms with Crippen LogP contribution in [0.1, 0.15) is 44.9 Å². The molecule has 0 amide bonds. The third kappa shape index (κ3) is 3.42. The first kappa shape index (κ1) is 20.3. The van der Waals surface area contributed by atoms with Crippen molar-refractivity contribution in [3.63, 3.8) is 0 Å². The Balaban J connectivity index is 1.59. The van der Waals surface area contributed by atoms with E-state index in [-0.39, 0.29) is 21.6 Å². The smallest absolute Gasteiger partial charge is 0.195 e. The molecule has 2 aromatic carbocycles. The SMILES string of the molecule is O=S(=O)(c1ccccc1)C(CC12CC3CC(CC(C3)C1)C2)S(=O)(=O)c1ccccc1. The summed E-state index contributed by atoms with van der Waals surface area (Å²) in [4.78, 5) is 0.193. The highest BCUT2D eigenvalue weighted by Crippen LogP contribution is 2.62. The molecular weight excluding hydrogens is 416 g/mol. The van der Waals surface area contributed by atoms with Crippen LogP contribution < -0.4 is 0 Å². The van der Waals surface area contributed by atoms with Crippen molar-refractivity contribution in [2.45, 2.75) is 59.3 Å². The summed E-state index contributed by atoms with van der Waals surface area (Å²) in [6.07, 6.45) is 6.85. The Hall–Kier alpha value is -1.66. The summed E-state index contributed by atoms with van der Waals surface area (Å²) < 4.78 is 53.4. The molecule has 4 nitrogen and oxygen atoms in total. The predicted molar refractivity (Wildman–Crippen MR) is 116 cm³/mol. The lowest BCUT2D eigenvalue weighted by atomic mass is 9.49. The summed E-state index contributed by atoms with van der Waals surface area (Å²) >= 11 is 0. The van der Waals surface area contributed by atoms with Crippen LogP contribution in [0.15, 0.2) is 70.5 Å². The van der Waals surface area contributed by atoms with Crippen LogP contribution in [0.25, 0.3) is 0 Å². The van der Waals surface area contributed by atoms with Crippen molar-refractivity contribution >= 4 is 19.7 Å². The molecule has 2 aromatic rings. The van der Waals surface area contributed by atoms with Gasteiger partial charge in [-0.2, -0.15) is 0 Å². The minimum atomic E-state index is -4.04. The number of sulfone groups is 2. The maximum absolute atomic E-state index is 13.7. The van der Waals surface area contributed by atoms with Crippen LogP contribution in [0.2, 0.25) is 0 Å². The van der Waals surface area contributed by atoms with Crippen LogP contribution in [0.5, 0.6) is 0 Å². The van der Waals surface area contributed by atoms with Crippen LogP contribution in [0.3, 0.4) is 0 Å². The molecule has 0 saturated heterocycles.